The zero-order valence-electron chi connectivity index (χ0n) is 25.2. The van der Waals surface area contributed by atoms with E-state index in [1.54, 1.807) is 0 Å². The standard InChI is InChI=1S/C33H43NO6.3CH4.3H2S/c1-30-20-25(22-5-7-23(8-6-22)40-28-4-2-3-17-37-28)29-24(26(30)10-13-32(30,36)15-16-34)9-12-31(35)21-33(14-11-27(29)31)38-18-19-39-33;;;;;;/h5-8,24-26,28,35-36H,2-4,9-15,17-21H2,1H3;3*1H4;3*1H2/t24-,25+,26-,28?,30-,31+,32+;;;;;;/m0....../s1. The van der Waals surface area contributed by atoms with Gasteiger partial charge in [0.25, 0.3) is 0 Å². The number of benzene rings is 1. The van der Waals surface area contributed by atoms with Gasteiger partial charge in [-0.25, -0.2) is 0 Å². The minimum atomic E-state index is -0.988. The number of nitriles is 1. The molecule has 3 saturated carbocycles. The van der Waals surface area contributed by atoms with Gasteiger partial charge in [0.05, 0.1) is 43.5 Å². The molecule has 0 bridgehead atoms. The zero-order chi connectivity index (χ0) is 27.6. The highest BCUT2D eigenvalue weighted by Gasteiger charge is 2.64. The Kier molecular flexibility index (Phi) is 15.2. The van der Waals surface area contributed by atoms with Crippen LogP contribution in [0, 0.1) is 28.6 Å². The molecule has 1 aromatic carbocycles. The van der Waals surface area contributed by atoms with Crippen molar-refractivity contribution in [2.24, 2.45) is 17.3 Å². The largest absolute Gasteiger partial charge is 0.465 e. The summed E-state index contributed by atoms with van der Waals surface area (Å²) >= 11 is 0. The van der Waals surface area contributed by atoms with Crippen LogP contribution in [0.5, 0.6) is 5.75 Å². The lowest BCUT2D eigenvalue weighted by atomic mass is 9.49. The molecule has 1 aromatic rings. The number of aliphatic hydroxyl groups is 2. The van der Waals surface area contributed by atoms with E-state index in [0.29, 0.717) is 38.4 Å². The van der Waals surface area contributed by atoms with Gasteiger partial charge >= 0.3 is 0 Å². The third-order valence-electron chi connectivity index (χ3n) is 11.6. The van der Waals surface area contributed by atoms with Crippen LogP contribution in [0.3, 0.4) is 0 Å². The Morgan fingerprint density at radius 2 is 1.61 bits per heavy atom. The van der Waals surface area contributed by atoms with Crippen molar-refractivity contribution < 1.29 is 29.2 Å². The molecule has 5 fully saturated rings. The lowest BCUT2D eigenvalue weighted by Crippen LogP contribution is -2.55. The first-order valence-electron chi connectivity index (χ1n) is 15.5. The van der Waals surface area contributed by atoms with Gasteiger partial charge in [0.2, 0.25) is 0 Å². The van der Waals surface area contributed by atoms with Gasteiger partial charge in [-0.3, -0.25) is 0 Å². The van der Waals surface area contributed by atoms with Crippen LogP contribution in [0.4, 0.5) is 0 Å². The van der Waals surface area contributed by atoms with Gasteiger partial charge in [-0.05, 0) is 86.5 Å². The zero-order valence-corrected chi connectivity index (χ0v) is 28.2. The molecule has 10 heteroatoms. The summed E-state index contributed by atoms with van der Waals surface area (Å²) in [5.74, 6) is 0.802. The van der Waals surface area contributed by atoms with Crippen molar-refractivity contribution in [3.05, 3.63) is 41.0 Å². The highest BCUT2D eigenvalue weighted by atomic mass is 32.1. The number of ether oxygens (including phenoxy) is 4. The Hall–Kier alpha value is -0.900. The second-order valence-electron chi connectivity index (χ2n) is 13.6. The summed E-state index contributed by atoms with van der Waals surface area (Å²) < 4.78 is 24.1. The maximum absolute atomic E-state index is 12.2. The summed E-state index contributed by atoms with van der Waals surface area (Å²) in [6.07, 6.45) is 9.05. The summed E-state index contributed by atoms with van der Waals surface area (Å²) in [4.78, 5) is 0. The molecule has 7 atom stereocenters. The Bertz CT molecular complexity index is 1210. The molecule has 2 N–H and O–H groups in total. The molecule has 0 aromatic heterocycles. The molecule has 4 aliphatic carbocycles. The van der Waals surface area contributed by atoms with Crippen molar-refractivity contribution in [2.75, 3.05) is 19.8 Å². The molecule has 1 spiro atoms. The predicted molar refractivity (Wildman–Crippen MR) is 199 cm³/mol. The van der Waals surface area contributed by atoms with Crippen LogP contribution in [0.15, 0.2) is 35.4 Å². The summed E-state index contributed by atoms with van der Waals surface area (Å²) in [5, 5.41) is 33.8. The smallest absolute Gasteiger partial charge is 0.199 e. The van der Waals surface area contributed by atoms with E-state index >= 15 is 0 Å². The van der Waals surface area contributed by atoms with E-state index in [2.05, 4.69) is 25.1 Å². The van der Waals surface area contributed by atoms with Crippen LogP contribution in [-0.2, 0) is 14.2 Å². The third kappa shape index (κ3) is 7.05. The van der Waals surface area contributed by atoms with Gasteiger partial charge in [0.1, 0.15) is 5.75 Å². The van der Waals surface area contributed by atoms with E-state index in [9.17, 15) is 15.5 Å². The molecule has 1 unspecified atom stereocenters. The molecular formula is C36H61NO6S3. The molecule has 2 aliphatic heterocycles. The van der Waals surface area contributed by atoms with Gasteiger partial charge in [-0.15, -0.1) is 0 Å². The topological polar surface area (TPSA) is 101 Å². The van der Waals surface area contributed by atoms with Crippen molar-refractivity contribution in [2.45, 2.75) is 135 Å². The fourth-order valence-corrected chi connectivity index (χ4v) is 9.56. The molecule has 2 saturated heterocycles. The molecule has 46 heavy (non-hydrogen) atoms. The highest BCUT2D eigenvalue weighted by Crippen LogP contribution is 2.68. The second-order valence-corrected chi connectivity index (χ2v) is 13.6. The van der Waals surface area contributed by atoms with Gasteiger partial charge < -0.3 is 29.2 Å². The first kappa shape index (κ1) is 43.1. The number of rotatable bonds is 4. The van der Waals surface area contributed by atoms with Crippen molar-refractivity contribution in [3.63, 3.8) is 0 Å². The predicted octanol–water partition coefficient (Wildman–Crippen LogP) is 7.75. The fraction of sp³-hybridized carbons (Fsp3) is 0.750. The maximum atomic E-state index is 12.2. The number of nitrogens with zero attached hydrogens (tertiary/aromatic N) is 1. The Labute approximate surface area is 299 Å². The van der Waals surface area contributed by atoms with Crippen molar-refractivity contribution in [3.8, 4) is 11.8 Å². The van der Waals surface area contributed by atoms with E-state index < -0.39 is 17.0 Å². The normalized spacial score (nSPS) is 36.7. The third-order valence-corrected chi connectivity index (χ3v) is 11.6. The van der Waals surface area contributed by atoms with E-state index in [-0.39, 0.29) is 92.7 Å². The molecule has 7 rings (SSSR count). The Morgan fingerprint density at radius 3 is 2.24 bits per heavy atom. The minimum Gasteiger partial charge on any atom is -0.465 e. The summed E-state index contributed by atoms with van der Waals surface area (Å²) in [6, 6.07) is 10.7. The van der Waals surface area contributed by atoms with Crippen LogP contribution < -0.4 is 4.74 Å². The van der Waals surface area contributed by atoms with Crippen LogP contribution >= 0.6 is 40.5 Å². The van der Waals surface area contributed by atoms with E-state index in [4.69, 9.17) is 18.9 Å². The molecule has 0 amide bonds. The molecule has 2 heterocycles. The van der Waals surface area contributed by atoms with Crippen LogP contribution in [-0.4, -0.2) is 53.3 Å². The van der Waals surface area contributed by atoms with Crippen LogP contribution in [0.25, 0.3) is 0 Å². The van der Waals surface area contributed by atoms with Crippen molar-refractivity contribution >= 4 is 40.5 Å². The molecule has 264 valence electrons. The first-order valence-corrected chi connectivity index (χ1v) is 15.5. The van der Waals surface area contributed by atoms with Gasteiger partial charge in [-0.1, -0.05) is 46.9 Å². The lowest BCUT2D eigenvalue weighted by molar-refractivity contribution is -0.208. The number of hydrogen-bond acceptors (Lipinski definition) is 7. The average Bonchev–Trinajstić information content (AvgIpc) is 3.50. The van der Waals surface area contributed by atoms with Crippen molar-refractivity contribution in [1.29, 1.82) is 5.26 Å². The van der Waals surface area contributed by atoms with Crippen LogP contribution in [0.2, 0.25) is 0 Å². The van der Waals surface area contributed by atoms with E-state index in [1.165, 1.54) is 16.7 Å². The summed E-state index contributed by atoms with van der Waals surface area (Å²) in [6.45, 7) is 4.15. The SMILES string of the molecule is C.C.C.C[C@]12C[C@H](c3ccc(OC4CCCCO4)cc3)C3=C4CCC5(C[C@]4(O)CC[C@H]3[C@@H]1CC[C@@]2(O)CC#N)OCCO5.S.S.S. The quantitative estimate of drug-likeness (QED) is 0.310. The maximum Gasteiger partial charge on any atom is 0.199 e. The number of allylic oxidation sites excluding steroid dienone is 1. The monoisotopic (exact) mass is 699 g/mol. The van der Waals surface area contributed by atoms with Gasteiger partial charge in [-0.2, -0.15) is 45.7 Å². The molecule has 0 radical (unpaired) electrons. The molecule has 6 aliphatic rings. The van der Waals surface area contributed by atoms with Gasteiger partial charge in [0, 0.05) is 30.6 Å². The van der Waals surface area contributed by atoms with E-state index in [0.717, 1.165) is 63.7 Å². The fourth-order valence-electron chi connectivity index (χ4n) is 9.56. The Balaban J connectivity index is 0.00000176. The molecule has 7 nitrogen and oxygen atoms in total. The van der Waals surface area contributed by atoms with Gasteiger partial charge in [0.15, 0.2) is 12.1 Å². The van der Waals surface area contributed by atoms with E-state index in [1.807, 2.05) is 12.1 Å². The lowest BCUT2D eigenvalue weighted by Gasteiger charge is -2.57. The average molecular weight is 700 g/mol. The minimum absolute atomic E-state index is 0. The number of hydrogen-bond donors (Lipinski definition) is 2. The summed E-state index contributed by atoms with van der Waals surface area (Å²) in [5.41, 5.74) is 1.48. The van der Waals surface area contributed by atoms with Crippen LogP contribution in [0.1, 0.15) is 118 Å². The molecular weight excluding hydrogens is 639 g/mol. The highest BCUT2D eigenvalue weighted by molar-refractivity contribution is 7.59. The second kappa shape index (κ2) is 16.2. The van der Waals surface area contributed by atoms with Crippen molar-refractivity contribution in [1.82, 2.24) is 0 Å². The Morgan fingerprint density at radius 1 is 0.913 bits per heavy atom. The number of fused-ring (bicyclic) bond motifs is 4. The first-order chi connectivity index (χ1) is 19.3. The summed E-state index contributed by atoms with van der Waals surface area (Å²) in [7, 11) is 0.